The normalized spacial score (nSPS) is 12.0. The van der Waals surface area contributed by atoms with Crippen molar-refractivity contribution in [2.75, 3.05) is 6.26 Å². The molecule has 0 fully saturated rings. The van der Waals surface area contributed by atoms with Crippen molar-refractivity contribution in [2.24, 2.45) is 0 Å². The summed E-state index contributed by atoms with van der Waals surface area (Å²) >= 11 is 1.79. The zero-order chi connectivity index (χ0) is 12.5. The molecule has 0 saturated carbocycles. The minimum atomic E-state index is -0.0245. The quantitative estimate of drug-likeness (QED) is 0.911. The second-order valence-corrected chi connectivity index (χ2v) is 5.89. The zero-order valence-electron chi connectivity index (χ0n) is 10.7. The van der Waals surface area contributed by atoms with E-state index in [4.69, 9.17) is 0 Å². The van der Waals surface area contributed by atoms with Crippen LogP contribution in [-0.2, 0) is 11.3 Å². The average Bonchev–Trinajstić information content (AvgIpc) is 2.82. The highest BCUT2D eigenvalue weighted by Crippen LogP contribution is 2.26. The molecule has 0 spiro atoms. The van der Waals surface area contributed by atoms with Crippen LogP contribution in [0.15, 0.2) is 18.5 Å². The topological polar surface area (TPSA) is 46.5 Å². The molecule has 17 heavy (non-hydrogen) atoms. The van der Waals surface area contributed by atoms with E-state index in [0.717, 1.165) is 22.7 Å². The van der Waals surface area contributed by atoms with E-state index < -0.39 is 0 Å². The van der Waals surface area contributed by atoms with E-state index in [1.165, 1.54) is 0 Å². The van der Waals surface area contributed by atoms with Gasteiger partial charge in [0.2, 0.25) is 0 Å². The number of nitrogens with zero attached hydrogens (tertiary/aromatic N) is 3. The van der Waals surface area contributed by atoms with Crippen LogP contribution in [0.3, 0.4) is 0 Å². The smallest absolute Gasteiger partial charge is 0.0730 e. The Balaban J connectivity index is 2.49. The molecule has 0 atom stereocenters. The van der Waals surface area contributed by atoms with Crippen molar-refractivity contribution < 1.29 is 0 Å². The highest BCUT2D eigenvalue weighted by molar-refractivity contribution is 7.97. The minimum Gasteiger partial charge on any atom is -0.285 e. The molecule has 2 aromatic heterocycles. The molecule has 4 nitrogen and oxygen atoms in total. The summed E-state index contributed by atoms with van der Waals surface area (Å²) in [6.45, 7) is 6.48. The number of hydrogen-bond donors (Lipinski definition) is 1. The van der Waals surface area contributed by atoms with Crippen molar-refractivity contribution in [3.05, 3.63) is 24.2 Å². The molecule has 92 valence electrons. The minimum absolute atomic E-state index is 0.0245. The first kappa shape index (κ1) is 12.2. The lowest BCUT2D eigenvalue weighted by molar-refractivity contribution is 0.358. The third-order valence-corrected chi connectivity index (χ3v) is 3.07. The maximum absolute atomic E-state index is 4.68. The molecular formula is C12H18N4S. The van der Waals surface area contributed by atoms with Crippen LogP contribution in [0, 0.1) is 0 Å². The molecular weight excluding hydrogens is 232 g/mol. The standard InChI is InChI=1S/C12H18N4S/c1-12(2,3)16-11(9-6-13-14-7-9)5-10(15-16)8-17-4/h5-7H,8H2,1-4H3,(H,13,14). The molecule has 0 unspecified atom stereocenters. The van der Waals surface area contributed by atoms with Gasteiger partial charge in [-0.25, -0.2) is 0 Å². The number of aromatic nitrogens is 4. The third kappa shape index (κ3) is 2.54. The number of hydrogen-bond acceptors (Lipinski definition) is 3. The van der Waals surface area contributed by atoms with Crippen molar-refractivity contribution in [1.29, 1.82) is 0 Å². The zero-order valence-corrected chi connectivity index (χ0v) is 11.5. The van der Waals surface area contributed by atoms with Crippen molar-refractivity contribution in [1.82, 2.24) is 20.0 Å². The maximum Gasteiger partial charge on any atom is 0.0730 e. The van der Waals surface area contributed by atoms with Gasteiger partial charge in [-0.15, -0.1) is 0 Å². The number of nitrogens with one attached hydrogen (secondary N) is 1. The number of rotatable bonds is 3. The second kappa shape index (κ2) is 4.56. The van der Waals surface area contributed by atoms with Crippen LogP contribution >= 0.6 is 11.8 Å². The summed E-state index contributed by atoms with van der Waals surface area (Å²) < 4.78 is 2.07. The largest absolute Gasteiger partial charge is 0.285 e. The molecule has 5 heteroatoms. The molecule has 0 amide bonds. The van der Waals surface area contributed by atoms with E-state index in [-0.39, 0.29) is 5.54 Å². The molecule has 0 bridgehead atoms. The van der Waals surface area contributed by atoms with Crippen LogP contribution in [0.1, 0.15) is 26.5 Å². The van der Waals surface area contributed by atoms with Crippen LogP contribution < -0.4 is 0 Å². The van der Waals surface area contributed by atoms with Gasteiger partial charge in [-0.2, -0.15) is 22.0 Å². The molecule has 2 rings (SSSR count). The summed E-state index contributed by atoms with van der Waals surface area (Å²) in [5.41, 5.74) is 3.29. The van der Waals surface area contributed by atoms with E-state index in [1.807, 2.05) is 12.4 Å². The van der Waals surface area contributed by atoms with Gasteiger partial charge in [0.25, 0.3) is 0 Å². The Morgan fingerprint density at radius 3 is 2.71 bits per heavy atom. The van der Waals surface area contributed by atoms with Gasteiger partial charge >= 0.3 is 0 Å². The van der Waals surface area contributed by atoms with Gasteiger partial charge in [0.15, 0.2) is 0 Å². The lowest BCUT2D eigenvalue weighted by Crippen LogP contribution is -2.24. The number of thioether (sulfide) groups is 1. The predicted octanol–water partition coefficient (Wildman–Crippen LogP) is 2.89. The molecule has 2 aromatic rings. The van der Waals surface area contributed by atoms with Crippen molar-refractivity contribution >= 4 is 11.8 Å². The fourth-order valence-corrected chi connectivity index (χ4v) is 2.19. The number of aromatic amines is 1. The van der Waals surface area contributed by atoms with Crippen LogP contribution in [0.2, 0.25) is 0 Å². The molecule has 0 aliphatic rings. The fraction of sp³-hybridized carbons (Fsp3) is 0.500. The first-order valence-electron chi connectivity index (χ1n) is 5.60. The first-order valence-corrected chi connectivity index (χ1v) is 6.99. The summed E-state index contributed by atoms with van der Waals surface area (Å²) in [4.78, 5) is 0. The fourth-order valence-electron chi connectivity index (χ4n) is 1.76. The molecule has 0 saturated heterocycles. The Labute approximate surface area is 106 Å². The van der Waals surface area contributed by atoms with Crippen molar-refractivity contribution in [3.63, 3.8) is 0 Å². The molecule has 0 radical (unpaired) electrons. The summed E-state index contributed by atoms with van der Waals surface area (Å²) in [6.07, 6.45) is 5.83. The van der Waals surface area contributed by atoms with Crippen LogP contribution in [0.25, 0.3) is 11.3 Å². The summed E-state index contributed by atoms with van der Waals surface area (Å²) in [6, 6.07) is 2.15. The van der Waals surface area contributed by atoms with Crippen molar-refractivity contribution in [3.8, 4) is 11.3 Å². The summed E-state index contributed by atoms with van der Waals surface area (Å²) in [5.74, 6) is 0.938. The van der Waals surface area contributed by atoms with Gasteiger partial charge in [-0.05, 0) is 33.1 Å². The van der Waals surface area contributed by atoms with Gasteiger partial charge in [0.1, 0.15) is 0 Å². The van der Waals surface area contributed by atoms with Gasteiger partial charge < -0.3 is 0 Å². The lowest BCUT2D eigenvalue weighted by atomic mass is 10.1. The highest BCUT2D eigenvalue weighted by Gasteiger charge is 2.20. The Morgan fingerprint density at radius 2 is 2.18 bits per heavy atom. The van der Waals surface area contributed by atoms with Crippen LogP contribution in [0.5, 0.6) is 0 Å². The average molecular weight is 250 g/mol. The van der Waals surface area contributed by atoms with Gasteiger partial charge in [0.05, 0.1) is 23.1 Å². The Kier molecular flexibility index (Phi) is 3.28. The predicted molar refractivity (Wildman–Crippen MR) is 72.0 cm³/mol. The van der Waals surface area contributed by atoms with Gasteiger partial charge in [-0.1, -0.05) is 0 Å². The molecule has 0 aliphatic carbocycles. The van der Waals surface area contributed by atoms with E-state index in [9.17, 15) is 0 Å². The lowest BCUT2D eigenvalue weighted by Gasteiger charge is -2.22. The van der Waals surface area contributed by atoms with Crippen molar-refractivity contribution in [2.45, 2.75) is 32.1 Å². The van der Waals surface area contributed by atoms with E-state index in [1.54, 1.807) is 11.8 Å². The second-order valence-electron chi connectivity index (χ2n) is 5.02. The Hall–Kier alpha value is -1.23. The van der Waals surface area contributed by atoms with Crippen LogP contribution in [-0.4, -0.2) is 26.2 Å². The maximum atomic E-state index is 4.68. The number of H-pyrrole nitrogens is 1. The molecule has 2 heterocycles. The highest BCUT2D eigenvalue weighted by atomic mass is 32.2. The van der Waals surface area contributed by atoms with Gasteiger partial charge in [-0.3, -0.25) is 9.78 Å². The monoisotopic (exact) mass is 250 g/mol. The molecule has 0 aromatic carbocycles. The summed E-state index contributed by atoms with van der Waals surface area (Å²) in [7, 11) is 0. The molecule has 0 aliphatic heterocycles. The third-order valence-electron chi connectivity index (χ3n) is 2.48. The van der Waals surface area contributed by atoms with E-state index in [0.29, 0.717) is 0 Å². The van der Waals surface area contributed by atoms with E-state index >= 15 is 0 Å². The molecule has 1 N–H and O–H groups in total. The van der Waals surface area contributed by atoms with Crippen LogP contribution in [0.4, 0.5) is 0 Å². The Morgan fingerprint density at radius 1 is 1.41 bits per heavy atom. The first-order chi connectivity index (χ1) is 8.02. The summed E-state index contributed by atoms with van der Waals surface area (Å²) in [5, 5.41) is 11.5. The Bertz CT molecular complexity index is 479. The van der Waals surface area contributed by atoms with E-state index in [2.05, 4.69) is 53.1 Å². The SMILES string of the molecule is CSCc1cc(-c2cn[nH]c2)n(C(C)(C)C)n1. The van der Waals surface area contributed by atoms with Gasteiger partial charge in [0, 0.05) is 17.5 Å².